The number of allylic oxidation sites excluding steroid dienone is 2. The highest BCUT2D eigenvalue weighted by molar-refractivity contribution is 7.25. The summed E-state index contributed by atoms with van der Waals surface area (Å²) < 4.78 is 2.63. The largest absolute Gasteiger partial charge is 0.208 e. The number of rotatable bonds is 6. The fraction of sp³-hybridized carbons (Fsp3) is 0.0185. The van der Waals surface area contributed by atoms with Gasteiger partial charge in [-0.05, 0) is 92.0 Å². The van der Waals surface area contributed by atoms with Crippen molar-refractivity contribution in [1.29, 1.82) is 0 Å². The van der Waals surface area contributed by atoms with Crippen molar-refractivity contribution in [1.82, 2.24) is 15.0 Å². The molecular weight excluding hydrogens is 723 g/mol. The number of fused-ring (bicyclic) bond motifs is 5. The van der Waals surface area contributed by atoms with E-state index in [0.717, 1.165) is 56.3 Å². The minimum atomic E-state index is 0.635. The summed E-state index contributed by atoms with van der Waals surface area (Å²) >= 11 is 1.85. The average molecular weight is 758 g/mol. The van der Waals surface area contributed by atoms with Gasteiger partial charge in [0.25, 0.3) is 0 Å². The first-order valence-corrected chi connectivity index (χ1v) is 20.5. The predicted molar refractivity (Wildman–Crippen MR) is 246 cm³/mol. The van der Waals surface area contributed by atoms with Crippen molar-refractivity contribution < 1.29 is 0 Å². The molecule has 272 valence electrons. The van der Waals surface area contributed by atoms with Crippen LogP contribution in [0.3, 0.4) is 0 Å². The lowest BCUT2D eigenvalue weighted by molar-refractivity contribution is 1.07. The first kappa shape index (κ1) is 34.0. The minimum absolute atomic E-state index is 0.635. The Morgan fingerprint density at radius 1 is 0.379 bits per heavy atom. The molecule has 0 saturated carbocycles. The molecule has 0 amide bonds. The van der Waals surface area contributed by atoms with Crippen LogP contribution in [0.2, 0.25) is 0 Å². The van der Waals surface area contributed by atoms with Gasteiger partial charge in [-0.2, -0.15) is 0 Å². The van der Waals surface area contributed by atoms with Crippen LogP contribution in [0.4, 0.5) is 0 Å². The summed E-state index contributed by atoms with van der Waals surface area (Å²) in [6.45, 7) is 0. The van der Waals surface area contributed by atoms with Crippen molar-refractivity contribution in [2.24, 2.45) is 0 Å². The first-order chi connectivity index (χ1) is 28.7. The molecule has 0 atom stereocenters. The van der Waals surface area contributed by atoms with Gasteiger partial charge in [-0.15, -0.1) is 11.3 Å². The topological polar surface area (TPSA) is 38.7 Å². The van der Waals surface area contributed by atoms with Crippen molar-refractivity contribution in [3.05, 3.63) is 199 Å². The monoisotopic (exact) mass is 757 g/mol. The summed E-state index contributed by atoms with van der Waals surface area (Å²) in [4.78, 5) is 15.8. The van der Waals surface area contributed by atoms with Crippen LogP contribution in [0.25, 0.3) is 111 Å². The van der Waals surface area contributed by atoms with Gasteiger partial charge in [-0.3, -0.25) is 0 Å². The van der Waals surface area contributed by atoms with Gasteiger partial charge in [0.05, 0.1) is 0 Å². The Morgan fingerprint density at radius 2 is 0.948 bits per heavy atom. The molecule has 0 N–H and O–H groups in total. The number of aromatic nitrogens is 3. The van der Waals surface area contributed by atoms with Crippen molar-refractivity contribution in [2.45, 2.75) is 6.42 Å². The quantitative estimate of drug-likeness (QED) is 0.170. The molecule has 8 aromatic carbocycles. The van der Waals surface area contributed by atoms with Gasteiger partial charge in [0.1, 0.15) is 0 Å². The van der Waals surface area contributed by atoms with Crippen molar-refractivity contribution in [3.8, 4) is 67.5 Å². The summed E-state index contributed by atoms with van der Waals surface area (Å²) in [6, 6.07) is 62.7. The van der Waals surface area contributed by atoms with Crippen molar-refractivity contribution in [2.75, 3.05) is 0 Å². The van der Waals surface area contributed by atoms with E-state index in [2.05, 4.69) is 194 Å². The molecular formula is C54H35N3S. The van der Waals surface area contributed by atoms with Gasteiger partial charge in [-0.1, -0.05) is 170 Å². The van der Waals surface area contributed by atoms with Crippen molar-refractivity contribution >= 4 is 54.4 Å². The van der Waals surface area contributed by atoms with Crippen LogP contribution in [0.1, 0.15) is 17.5 Å². The van der Waals surface area contributed by atoms with Crippen LogP contribution >= 0.6 is 11.3 Å². The summed E-state index contributed by atoms with van der Waals surface area (Å²) in [5, 5.41) is 4.92. The fourth-order valence-electron chi connectivity index (χ4n) is 8.18. The highest BCUT2D eigenvalue weighted by Crippen LogP contribution is 2.40. The van der Waals surface area contributed by atoms with Crippen LogP contribution in [0.5, 0.6) is 0 Å². The zero-order valence-electron chi connectivity index (χ0n) is 31.5. The number of hydrogen-bond acceptors (Lipinski definition) is 4. The molecule has 2 heterocycles. The molecule has 0 aliphatic heterocycles. The summed E-state index contributed by atoms with van der Waals surface area (Å²) in [5.74, 6) is 1.92. The van der Waals surface area contributed by atoms with E-state index in [4.69, 9.17) is 15.0 Å². The second-order valence-electron chi connectivity index (χ2n) is 14.7. The van der Waals surface area contributed by atoms with Gasteiger partial charge >= 0.3 is 0 Å². The van der Waals surface area contributed by atoms with E-state index >= 15 is 0 Å². The standard InChI is InChI=1S/C54H35N3S/c1-4-12-35(13-5-1)36-20-22-39(23-21-36)52-55-53(57-54(56-52)51-45-17-9-3-8-16-38(45)28-30-46(51)37-14-6-2-7-15-37)44-27-26-40-32-41(24-25-42(40)33-44)43-29-31-50-48(34-43)47-18-10-11-19-49(47)58-50/h1-2,4-34H,3H2. The van der Waals surface area contributed by atoms with E-state index in [1.165, 1.54) is 42.2 Å². The lowest BCUT2D eigenvalue weighted by Gasteiger charge is -2.17. The molecule has 11 rings (SSSR count). The molecule has 58 heavy (non-hydrogen) atoms. The Kier molecular flexibility index (Phi) is 8.41. The molecule has 0 saturated heterocycles. The van der Waals surface area contributed by atoms with Gasteiger partial charge in [0.15, 0.2) is 17.5 Å². The van der Waals surface area contributed by atoms with E-state index < -0.39 is 0 Å². The van der Waals surface area contributed by atoms with E-state index in [9.17, 15) is 0 Å². The van der Waals surface area contributed by atoms with Gasteiger partial charge < -0.3 is 0 Å². The molecule has 2 aromatic heterocycles. The number of thiophene rings is 1. The molecule has 0 radical (unpaired) electrons. The van der Waals surface area contributed by atoms with Gasteiger partial charge in [-0.25, -0.2) is 15.0 Å². The van der Waals surface area contributed by atoms with E-state index in [1.807, 2.05) is 17.4 Å². The molecule has 4 heteroatoms. The summed E-state index contributed by atoms with van der Waals surface area (Å²) in [5.41, 5.74) is 12.1. The van der Waals surface area contributed by atoms with Gasteiger partial charge in [0, 0.05) is 36.9 Å². The van der Waals surface area contributed by atoms with Gasteiger partial charge in [0.2, 0.25) is 0 Å². The maximum atomic E-state index is 5.33. The summed E-state index contributed by atoms with van der Waals surface area (Å²) in [7, 11) is 0. The van der Waals surface area contributed by atoms with Crippen LogP contribution < -0.4 is 0 Å². The molecule has 0 spiro atoms. The molecule has 0 bridgehead atoms. The Morgan fingerprint density at radius 3 is 1.76 bits per heavy atom. The highest BCUT2D eigenvalue weighted by Gasteiger charge is 2.21. The Hall–Kier alpha value is -7.27. The van der Waals surface area contributed by atoms with Crippen molar-refractivity contribution in [3.63, 3.8) is 0 Å². The first-order valence-electron chi connectivity index (χ1n) is 19.7. The normalized spacial score (nSPS) is 12.3. The molecule has 1 aliphatic carbocycles. The average Bonchev–Trinajstić information content (AvgIpc) is 3.49. The highest BCUT2D eigenvalue weighted by atomic mass is 32.1. The molecule has 10 aromatic rings. The lowest BCUT2D eigenvalue weighted by atomic mass is 9.91. The number of hydrogen-bond donors (Lipinski definition) is 0. The van der Waals surface area contributed by atoms with Crippen LogP contribution in [0, 0.1) is 0 Å². The Bertz CT molecular complexity index is 3230. The third-order valence-electron chi connectivity index (χ3n) is 11.1. The Labute approximate surface area is 341 Å². The number of benzene rings is 8. The maximum Gasteiger partial charge on any atom is 0.165 e. The Balaban J connectivity index is 1.06. The third kappa shape index (κ3) is 6.21. The van der Waals surface area contributed by atoms with Crippen LogP contribution in [0.15, 0.2) is 188 Å². The van der Waals surface area contributed by atoms with E-state index in [1.54, 1.807) is 0 Å². The SMILES string of the molecule is C1=Cc2ccc(-c3ccccc3)c(-c3nc(-c4ccc(-c5ccccc5)cc4)nc(-c4ccc5cc(-c6ccc7sc8ccccc8c7c6)ccc5c4)n3)c2C=CC1. The summed E-state index contributed by atoms with van der Waals surface area (Å²) in [6.07, 6.45) is 9.72. The molecule has 0 unspecified atom stereocenters. The zero-order valence-corrected chi connectivity index (χ0v) is 32.3. The maximum absolute atomic E-state index is 5.33. The fourth-order valence-corrected chi connectivity index (χ4v) is 9.26. The van der Waals surface area contributed by atoms with E-state index in [-0.39, 0.29) is 0 Å². The molecule has 3 nitrogen and oxygen atoms in total. The number of nitrogens with zero attached hydrogens (tertiary/aromatic N) is 3. The molecule has 1 aliphatic rings. The second kappa shape index (κ2) is 14.3. The smallest absolute Gasteiger partial charge is 0.165 e. The predicted octanol–water partition coefficient (Wildman–Crippen LogP) is 14.8. The minimum Gasteiger partial charge on any atom is -0.208 e. The lowest BCUT2D eigenvalue weighted by Crippen LogP contribution is -2.03. The zero-order chi connectivity index (χ0) is 38.4. The third-order valence-corrected chi connectivity index (χ3v) is 12.3. The van der Waals surface area contributed by atoms with Crippen LogP contribution in [-0.2, 0) is 0 Å². The van der Waals surface area contributed by atoms with Crippen LogP contribution in [-0.4, -0.2) is 15.0 Å². The molecule has 0 fully saturated rings. The van der Waals surface area contributed by atoms with E-state index in [0.29, 0.717) is 17.5 Å². The second-order valence-corrected chi connectivity index (χ2v) is 15.8.